The molecule has 0 spiro atoms. The summed E-state index contributed by atoms with van der Waals surface area (Å²) in [5.41, 5.74) is 2.04. The molecule has 2 N–H and O–H groups in total. The number of hydrogen-bond donors (Lipinski definition) is 2. The van der Waals surface area contributed by atoms with E-state index >= 15 is 0 Å². The molecule has 10 heteroatoms. The molecule has 3 aromatic rings. The summed E-state index contributed by atoms with van der Waals surface area (Å²) in [4.78, 5) is 18.7. The fourth-order valence-electron chi connectivity index (χ4n) is 3.49. The number of hydrogen-bond acceptors (Lipinski definition) is 8. The minimum atomic E-state index is -0.267. The Morgan fingerprint density at radius 2 is 2.10 bits per heavy atom. The van der Waals surface area contributed by atoms with Crippen LogP contribution >= 0.6 is 0 Å². The quantitative estimate of drug-likeness (QED) is 0.591. The molecule has 0 bridgehead atoms. The summed E-state index contributed by atoms with van der Waals surface area (Å²) in [5.74, 6) is 1.84. The summed E-state index contributed by atoms with van der Waals surface area (Å²) in [6.07, 6.45) is 5.16. The number of rotatable bonds is 7. The monoisotopic (exact) mass is 423 g/mol. The fraction of sp³-hybridized carbons (Fsp3) is 0.381. The van der Waals surface area contributed by atoms with Gasteiger partial charge in [0.15, 0.2) is 11.5 Å². The first kappa shape index (κ1) is 20.6. The van der Waals surface area contributed by atoms with Gasteiger partial charge >= 0.3 is 0 Å². The highest BCUT2D eigenvalue weighted by Crippen LogP contribution is 2.24. The summed E-state index contributed by atoms with van der Waals surface area (Å²) >= 11 is 0. The van der Waals surface area contributed by atoms with Gasteiger partial charge in [0.1, 0.15) is 11.9 Å². The van der Waals surface area contributed by atoms with Crippen molar-refractivity contribution in [2.45, 2.75) is 32.4 Å². The van der Waals surface area contributed by atoms with Crippen molar-refractivity contribution in [1.82, 2.24) is 30.7 Å². The lowest BCUT2D eigenvalue weighted by atomic mass is 10.1. The Morgan fingerprint density at radius 1 is 1.26 bits per heavy atom. The Labute approximate surface area is 180 Å². The van der Waals surface area contributed by atoms with Gasteiger partial charge in [-0.15, -0.1) is 10.2 Å². The molecule has 31 heavy (non-hydrogen) atoms. The number of ether oxygens (including phenoxy) is 2. The minimum absolute atomic E-state index is 0.118. The second-order valence-electron chi connectivity index (χ2n) is 7.34. The topological polar surface area (TPSA) is 118 Å². The maximum absolute atomic E-state index is 12.3. The van der Waals surface area contributed by atoms with Gasteiger partial charge in [0, 0.05) is 38.2 Å². The van der Waals surface area contributed by atoms with Gasteiger partial charge in [0.25, 0.3) is 5.91 Å². The van der Waals surface area contributed by atoms with Crippen molar-refractivity contribution >= 4 is 11.7 Å². The van der Waals surface area contributed by atoms with Crippen molar-refractivity contribution in [1.29, 1.82) is 0 Å². The predicted octanol–water partition coefficient (Wildman–Crippen LogP) is 1.89. The summed E-state index contributed by atoms with van der Waals surface area (Å²) in [7, 11) is 1.59. The number of methoxy groups -OCH3 is 1. The number of piperidine rings is 1. The van der Waals surface area contributed by atoms with Crippen LogP contribution in [-0.2, 0) is 6.54 Å². The smallest absolute Gasteiger partial charge is 0.272 e. The molecule has 0 radical (unpaired) electrons. The van der Waals surface area contributed by atoms with Gasteiger partial charge < -0.3 is 19.7 Å². The van der Waals surface area contributed by atoms with Crippen LogP contribution in [-0.4, -0.2) is 57.6 Å². The molecule has 1 fully saturated rings. The Kier molecular flexibility index (Phi) is 6.25. The number of pyridine rings is 1. The molecule has 0 aliphatic carbocycles. The van der Waals surface area contributed by atoms with Crippen LogP contribution in [0.15, 0.2) is 36.7 Å². The van der Waals surface area contributed by atoms with Gasteiger partial charge in [0.05, 0.1) is 25.5 Å². The van der Waals surface area contributed by atoms with Gasteiger partial charge in [-0.25, -0.2) is 4.98 Å². The molecule has 0 unspecified atom stereocenters. The van der Waals surface area contributed by atoms with E-state index in [1.54, 1.807) is 37.7 Å². The summed E-state index contributed by atoms with van der Waals surface area (Å²) < 4.78 is 11.1. The minimum Gasteiger partial charge on any atom is -0.489 e. The number of H-pyrrole nitrogens is 1. The summed E-state index contributed by atoms with van der Waals surface area (Å²) in [5, 5.41) is 17.9. The van der Waals surface area contributed by atoms with E-state index in [2.05, 4.69) is 35.6 Å². The van der Waals surface area contributed by atoms with Crippen LogP contribution in [0.2, 0.25) is 0 Å². The first-order valence-corrected chi connectivity index (χ1v) is 10.1. The van der Waals surface area contributed by atoms with E-state index in [1.165, 1.54) is 0 Å². The number of carbonyl (C=O) groups is 1. The summed E-state index contributed by atoms with van der Waals surface area (Å²) in [6, 6.07) is 7.23. The number of nitrogens with zero attached hydrogens (tertiary/aromatic N) is 5. The normalized spacial score (nSPS) is 14.3. The van der Waals surface area contributed by atoms with Crippen molar-refractivity contribution in [3.8, 4) is 11.6 Å². The largest absolute Gasteiger partial charge is 0.489 e. The van der Waals surface area contributed by atoms with Gasteiger partial charge in [-0.2, -0.15) is 5.10 Å². The zero-order valence-electron chi connectivity index (χ0n) is 17.5. The highest BCUT2D eigenvalue weighted by Gasteiger charge is 2.23. The van der Waals surface area contributed by atoms with Crippen molar-refractivity contribution in [3.63, 3.8) is 0 Å². The molecule has 1 amide bonds. The Morgan fingerprint density at radius 3 is 2.74 bits per heavy atom. The third kappa shape index (κ3) is 5.08. The second kappa shape index (κ2) is 9.41. The standard InChI is InChI=1S/C21H25N7O3/c1-14-11-18(21(29)23-12-15-5-8-24-25-15)26-27-20(14)28-9-6-16(7-10-28)31-17-3-4-19(30-2)22-13-17/h3-5,8,11,13,16H,6-7,9-10,12H2,1-2H3,(H,23,29)(H,24,25). The molecular weight excluding hydrogens is 398 g/mol. The van der Waals surface area contributed by atoms with E-state index < -0.39 is 0 Å². The number of carbonyl (C=O) groups excluding carboxylic acids is 1. The number of aromatic nitrogens is 5. The average molecular weight is 423 g/mol. The summed E-state index contributed by atoms with van der Waals surface area (Å²) in [6.45, 7) is 3.91. The fourth-order valence-corrected chi connectivity index (χ4v) is 3.49. The number of aryl methyl sites for hydroxylation is 1. The lowest BCUT2D eigenvalue weighted by molar-refractivity contribution is 0.0944. The molecule has 0 aromatic carbocycles. The molecule has 4 heterocycles. The van der Waals surface area contributed by atoms with Gasteiger partial charge in [-0.05, 0) is 30.7 Å². The Bertz CT molecular complexity index is 1000. The van der Waals surface area contributed by atoms with Gasteiger partial charge in [0.2, 0.25) is 5.88 Å². The zero-order valence-corrected chi connectivity index (χ0v) is 17.5. The van der Waals surface area contributed by atoms with Gasteiger partial charge in [-0.1, -0.05) is 0 Å². The van der Waals surface area contributed by atoms with E-state index in [-0.39, 0.29) is 12.0 Å². The van der Waals surface area contributed by atoms with Crippen LogP contribution in [0.1, 0.15) is 34.6 Å². The predicted molar refractivity (Wildman–Crippen MR) is 113 cm³/mol. The first-order chi connectivity index (χ1) is 15.1. The number of anilines is 1. The maximum Gasteiger partial charge on any atom is 0.272 e. The molecule has 162 valence electrons. The maximum atomic E-state index is 12.3. The van der Waals surface area contributed by atoms with E-state index in [0.717, 1.165) is 48.8 Å². The molecule has 4 rings (SSSR count). The molecular formula is C21H25N7O3. The van der Waals surface area contributed by atoms with E-state index in [0.29, 0.717) is 18.1 Å². The van der Waals surface area contributed by atoms with E-state index in [4.69, 9.17) is 9.47 Å². The molecule has 10 nitrogen and oxygen atoms in total. The average Bonchev–Trinajstić information content (AvgIpc) is 3.32. The van der Waals surface area contributed by atoms with Gasteiger partial charge in [-0.3, -0.25) is 9.89 Å². The van der Waals surface area contributed by atoms with E-state index in [9.17, 15) is 4.79 Å². The lowest BCUT2D eigenvalue weighted by Gasteiger charge is -2.33. The first-order valence-electron chi connectivity index (χ1n) is 10.1. The molecule has 3 aromatic heterocycles. The van der Waals surface area contributed by atoms with Crippen LogP contribution in [0.5, 0.6) is 11.6 Å². The molecule has 0 saturated carbocycles. The highest BCUT2D eigenvalue weighted by atomic mass is 16.5. The molecule has 1 aliphatic heterocycles. The zero-order chi connectivity index (χ0) is 21.6. The third-order valence-electron chi connectivity index (χ3n) is 5.15. The molecule has 1 aliphatic rings. The Hall–Kier alpha value is -3.69. The number of amides is 1. The van der Waals surface area contributed by atoms with Crippen molar-refractivity contribution in [2.75, 3.05) is 25.1 Å². The van der Waals surface area contributed by atoms with Crippen molar-refractivity contribution in [3.05, 3.63) is 53.6 Å². The van der Waals surface area contributed by atoms with Crippen LogP contribution < -0.4 is 19.7 Å². The van der Waals surface area contributed by atoms with E-state index in [1.807, 2.05) is 13.0 Å². The number of nitrogens with one attached hydrogen (secondary N) is 2. The van der Waals surface area contributed by atoms with Crippen LogP contribution in [0.3, 0.4) is 0 Å². The Balaban J connectivity index is 1.31. The van der Waals surface area contributed by atoms with Crippen LogP contribution in [0.25, 0.3) is 0 Å². The van der Waals surface area contributed by atoms with Crippen molar-refractivity contribution in [2.24, 2.45) is 0 Å². The molecule has 1 saturated heterocycles. The third-order valence-corrected chi connectivity index (χ3v) is 5.15. The second-order valence-corrected chi connectivity index (χ2v) is 7.34. The highest BCUT2D eigenvalue weighted by molar-refractivity contribution is 5.92. The number of aromatic amines is 1. The van der Waals surface area contributed by atoms with Crippen molar-refractivity contribution < 1.29 is 14.3 Å². The molecule has 0 atom stereocenters. The van der Waals surface area contributed by atoms with Crippen LogP contribution in [0, 0.1) is 6.92 Å². The lowest BCUT2D eigenvalue weighted by Crippen LogP contribution is -2.39. The van der Waals surface area contributed by atoms with Crippen LogP contribution in [0.4, 0.5) is 5.82 Å². The SMILES string of the molecule is COc1ccc(OC2CCN(c3nnc(C(=O)NCc4ccn[nH]4)cc3C)CC2)cn1.